The lowest BCUT2D eigenvalue weighted by molar-refractivity contribution is -0.124. The summed E-state index contributed by atoms with van der Waals surface area (Å²) in [6.07, 6.45) is 3.54. The Kier molecular flexibility index (Phi) is 4.07. The van der Waals surface area contributed by atoms with E-state index in [1.807, 2.05) is 41.2 Å². The Morgan fingerprint density at radius 3 is 2.58 bits per heavy atom. The summed E-state index contributed by atoms with van der Waals surface area (Å²) in [4.78, 5) is 22.2. The van der Waals surface area contributed by atoms with Crippen LogP contribution in [-0.4, -0.2) is 21.5 Å². The van der Waals surface area contributed by atoms with Gasteiger partial charge in [0, 0.05) is 18.1 Å². The molecule has 0 unspecified atom stereocenters. The van der Waals surface area contributed by atoms with Crippen LogP contribution in [0, 0.1) is 0 Å². The lowest BCUT2D eigenvalue weighted by atomic mass is 10.2. The van der Waals surface area contributed by atoms with E-state index in [0.29, 0.717) is 12.2 Å². The minimum atomic E-state index is -0.285. The molecule has 1 N–H and O–H groups in total. The summed E-state index contributed by atoms with van der Waals surface area (Å²) in [6, 6.07) is 9.35. The molecule has 2 aromatic rings. The first-order valence-electron chi connectivity index (χ1n) is 5.99. The highest BCUT2D eigenvalue weighted by atomic mass is 16.2. The lowest BCUT2D eigenvalue weighted by Gasteiger charge is -2.06. The van der Waals surface area contributed by atoms with E-state index in [2.05, 4.69) is 10.4 Å². The van der Waals surface area contributed by atoms with Gasteiger partial charge in [-0.1, -0.05) is 12.1 Å². The van der Waals surface area contributed by atoms with Crippen molar-refractivity contribution in [3.8, 4) is 0 Å². The first kappa shape index (κ1) is 13.0. The molecule has 0 spiro atoms. The summed E-state index contributed by atoms with van der Waals surface area (Å²) >= 11 is 0. The number of carbonyl (C=O) groups is 2. The van der Waals surface area contributed by atoms with Gasteiger partial charge in [-0.05, 0) is 30.7 Å². The summed E-state index contributed by atoms with van der Waals surface area (Å²) in [7, 11) is 0. The number of anilines is 1. The second kappa shape index (κ2) is 5.95. The van der Waals surface area contributed by atoms with E-state index in [-0.39, 0.29) is 18.1 Å². The highest BCUT2D eigenvalue weighted by molar-refractivity contribution is 6.03. The van der Waals surface area contributed by atoms with Crippen molar-refractivity contribution >= 4 is 17.4 Å². The van der Waals surface area contributed by atoms with Crippen molar-refractivity contribution in [2.24, 2.45) is 0 Å². The van der Waals surface area contributed by atoms with Gasteiger partial charge in [0.25, 0.3) is 0 Å². The largest absolute Gasteiger partial charge is 0.326 e. The van der Waals surface area contributed by atoms with Crippen LogP contribution in [-0.2, 0) is 16.1 Å². The molecule has 0 saturated heterocycles. The number of benzene rings is 1. The molecule has 0 saturated carbocycles. The van der Waals surface area contributed by atoms with Gasteiger partial charge in [0.05, 0.1) is 13.0 Å². The number of aromatic nitrogens is 2. The second-order valence-electron chi connectivity index (χ2n) is 4.33. The van der Waals surface area contributed by atoms with Crippen LogP contribution in [0.5, 0.6) is 0 Å². The fourth-order valence-corrected chi connectivity index (χ4v) is 1.71. The maximum Gasteiger partial charge on any atom is 0.231 e. The van der Waals surface area contributed by atoms with Crippen LogP contribution < -0.4 is 5.32 Å². The summed E-state index contributed by atoms with van der Waals surface area (Å²) in [5.74, 6) is -0.430. The average molecular weight is 257 g/mol. The summed E-state index contributed by atoms with van der Waals surface area (Å²) in [5, 5.41) is 6.80. The third kappa shape index (κ3) is 4.06. The standard InChI is InChI=1S/C14H15N3O2/c1-11(18)9-14(19)16-13-5-3-12(4-6-13)10-17-8-2-7-15-17/h2-8H,9-10H2,1H3,(H,16,19). The molecule has 0 radical (unpaired) electrons. The third-order valence-corrected chi connectivity index (χ3v) is 2.55. The molecule has 0 fully saturated rings. The number of ketones is 1. The van der Waals surface area contributed by atoms with E-state index < -0.39 is 0 Å². The molecule has 5 nitrogen and oxygen atoms in total. The Bertz CT molecular complexity index is 559. The Morgan fingerprint density at radius 1 is 1.26 bits per heavy atom. The lowest BCUT2D eigenvalue weighted by Crippen LogP contribution is -2.14. The molecule has 5 heteroatoms. The van der Waals surface area contributed by atoms with Crippen molar-refractivity contribution in [3.05, 3.63) is 48.3 Å². The molecule has 1 amide bonds. The van der Waals surface area contributed by atoms with Crippen LogP contribution in [0.2, 0.25) is 0 Å². The van der Waals surface area contributed by atoms with Gasteiger partial charge in [-0.2, -0.15) is 5.10 Å². The number of Topliss-reactive ketones (excluding diaryl/α,β-unsaturated/α-hetero) is 1. The van der Waals surface area contributed by atoms with Gasteiger partial charge in [0.1, 0.15) is 5.78 Å². The number of rotatable bonds is 5. The molecule has 0 aliphatic rings. The molecule has 0 atom stereocenters. The number of carbonyl (C=O) groups excluding carboxylic acids is 2. The van der Waals surface area contributed by atoms with E-state index >= 15 is 0 Å². The summed E-state index contributed by atoms with van der Waals surface area (Å²) in [5.41, 5.74) is 1.78. The number of nitrogens with one attached hydrogen (secondary N) is 1. The van der Waals surface area contributed by atoms with Crippen LogP contribution in [0.25, 0.3) is 0 Å². The van der Waals surface area contributed by atoms with Crippen molar-refractivity contribution in [2.75, 3.05) is 5.32 Å². The first-order chi connectivity index (χ1) is 9.13. The normalized spacial score (nSPS) is 10.2. The van der Waals surface area contributed by atoms with Crippen LogP contribution in [0.1, 0.15) is 18.9 Å². The fourth-order valence-electron chi connectivity index (χ4n) is 1.71. The van der Waals surface area contributed by atoms with Crippen molar-refractivity contribution in [1.29, 1.82) is 0 Å². The van der Waals surface area contributed by atoms with E-state index in [4.69, 9.17) is 0 Å². The number of amides is 1. The van der Waals surface area contributed by atoms with Gasteiger partial charge in [0.2, 0.25) is 5.91 Å². The predicted molar refractivity (Wildman–Crippen MR) is 71.7 cm³/mol. The number of nitrogens with zero attached hydrogens (tertiary/aromatic N) is 2. The van der Waals surface area contributed by atoms with E-state index in [0.717, 1.165) is 5.56 Å². The zero-order valence-electron chi connectivity index (χ0n) is 10.7. The van der Waals surface area contributed by atoms with Crippen LogP contribution in [0.15, 0.2) is 42.7 Å². The van der Waals surface area contributed by atoms with Crippen molar-refractivity contribution in [1.82, 2.24) is 9.78 Å². The number of hydrogen-bond acceptors (Lipinski definition) is 3. The van der Waals surface area contributed by atoms with Crippen molar-refractivity contribution in [2.45, 2.75) is 19.9 Å². The van der Waals surface area contributed by atoms with Gasteiger partial charge >= 0.3 is 0 Å². The van der Waals surface area contributed by atoms with Crippen LogP contribution in [0.4, 0.5) is 5.69 Å². The van der Waals surface area contributed by atoms with Crippen LogP contribution >= 0.6 is 0 Å². The monoisotopic (exact) mass is 257 g/mol. The van der Waals surface area contributed by atoms with Gasteiger partial charge in [-0.15, -0.1) is 0 Å². The molecule has 2 rings (SSSR count). The Balaban J connectivity index is 1.94. The molecule has 19 heavy (non-hydrogen) atoms. The predicted octanol–water partition coefficient (Wildman–Crippen LogP) is 1.85. The van der Waals surface area contributed by atoms with E-state index in [1.54, 1.807) is 6.20 Å². The van der Waals surface area contributed by atoms with Crippen LogP contribution in [0.3, 0.4) is 0 Å². The van der Waals surface area contributed by atoms with Gasteiger partial charge in [-0.25, -0.2) is 0 Å². The molecule has 1 aromatic heterocycles. The minimum Gasteiger partial charge on any atom is -0.326 e. The molecule has 98 valence electrons. The van der Waals surface area contributed by atoms with Crippen molar-refractivity contribution < 1.29 is 9.59 Å². The molecular formula is C14H15N3O2. The molecule has 1 heterocycles. The first-order valence-corrected chi connectivity index (χ1v) is 5.99. The quantitative estimate of drug-likeness (QED) is 0.831. The molecule has 0 bridgehead atoms. The maximum absolute atomic E-state index is 11.4. The second-order valence-corrected chi connectivity index (χ2v) is 4.33. The topological polar surface area (TPSA) is 64.0 Å². The Labute approximate surface area is 111 Å². The maximum atomic E-state index is 11.4. The smallest absolute Gasteiger partial charge is 0.231 e. The molecule has 1 aromatic carbocycles. The zero-order chi connectivity index (χ0) is 13.7. The third-order valence-electron chi connectivity index (χ3n) is 2.55. The van der Waals surface area contributed by atoms with E-state index in [1.165, 1.54) is 6.92 Å². The highest BCUT2D eigenvalue weighted by Crippen LogP contribution is 2.11. The van der Waals surface area contributed by atoms with Gasteiger partial charge < -0.3 is 5.32 Å². The summed E-state index contributed by atoms with van der Waals surface area (Å²) in [6.45, 7) is 2.08. The van der Waals surface area contributed by atoms with Gasteiger partial charge in [0.15, 0.2) is 0 Å². The molecule has 0 aliphatic carbocycles. The Hall–Kier alpha value is -2.43. The molecular weight excluding hydrogens is 242 g/mol. The highest BCUT2D eigenvalue weighted by Gasteiger charge is 2.05. The Morgan fingerprint density at radius 2 is 2.00 bits per heavy atom. The number of hydrogen-bond donors (Lipinski definition) is 1. The molecule has 0 aliphatic heterocycles. The SMILES string of the molecule is CC(=O)CC(=O)Nc1ccc(Cn2cccn2)cc1. The average Bonchev–Trinajstić information content (AvgIpc) is 2.83. The summed E-state index contributed by atoms with van der Waals surface area (Å²) < 4.78 is 1.82. The van der Waals surface area contributed by atoms with Crippen molar-refractivity contribution in [3.63, 3.8) is 0 Å². The minimum absolute atomic E-state index is 0.0883. The van der Waals surface area contributed by atoms with E-state index in [9.17, 15) is 9.59 Å². The van der Waals surface area contributed by atoms with Gasteiger partial charge in [-0.3, -0.25) is 14.3 Å². The fraction of sp³-hybridized carbons (Fsp3) is 0.214. The zero-order valence-corrected chi connectivity index (χ0v) is 10.7.